The molecule has 2 aliphatic heterocycles. The van der Waals surface area contributed by atoms with E-state index in [-0.39, 0.29) is 5.91 Å². The predicted octanol–water partition coefficient (Wildman–Crippen LogP) is 3.10. The molecule has 2 aliphatic rings. The third-order valence-electron chi connectivity index (χ3n) is 5.37. The molecule has 1 saturated heterocycles. The number of hydrogen-bond donors (Lipinski definition) is 1. The topological polar surface area (TPSA) is 44.8 Å². The molecule has 0 radical (unpaired) electrons. The number of hydrogen-bond acceptors (Lipinski definition) is 5. The molecule has 0 bridgehead atoms. The van der Waals surface area contributed by atoms with Crippen molar-refractivity contribution in [1.29, 1.82) is 0 Å². The van der Waals surface area contributed by atoms with E-state index in [1.54, 1.807) is 11.8 Å². The molecule has 6 heteroatoms. The summed E-state index contributed by atoms with van der Waals surface area (Å²) in [6, 6.07) is 14.5. The zero-order chi connectivity index (χ0) is 19.3. The van der Waals surface area contributed by atoms with Gasteiger partial charge in [0, 0.05) is 49.7 Å². The minimum Gasteiger partial charge on any atom is -0.493 e. The molecule has 28 heavy (non-hydrogen) atoms. The standard InChI is InChI=1S/C22H27N3O2S/c1-28-20-5-3-19(4-6-20)23-22(26)16-25-11-9-24(10-12-25)15-17-2-7-21-18(14-17)8-13-27-21/h2-7,14H,8-13,15-16H2,1H3,(H,23,26). The summed E-state index contributed by atoms with van der Waals surface area (Å²) in [4.78, 5) is 18.2. The van der Waals surface area contributed by atoms with Crippen LogP contribution in [0.4, 0.5) is 5.69 Å². The van der Waals surface area contributed by atoms with Crippen molar-refractivity contribution in [3.8, 4) is 5.75 Å². The number of nitrogens with zero attached hydrogens (tertiary/aromatic N) is 2. The van der Waals surface area contributed by atoms with Gasteiger partial charge in [-0.2, -0.15) is 0 Å². The van der Waals surface area contributed by atoms with Gasteiger partial charge in [0.1, 0.15) is 5.75 Å². The smallest absolute Gasteiger partial charge is 0.238 e. The monoisotopic (exact) mass is 397 g/mol. The van der Waals surface area contributed by atoms with Crippen LogP contribution in [0.1, 0.15) is 11.1 Å². The maximum Gasteiger partial charge on any atom is 0.238 e. The number of carbonyl (C=O) groups is 1. The summed E-state index contributed by atoms with van der Waals surface area (Å²) in [6.07, 6.45) is 3.07. The second-order valence-corrected chi connectivity index (χ2v) is 8.25. The first-order chi connectivity index (χ1) is 13.7. The Hall–Kier alpha value is -2.02. The molecule has 148 valence electrons. The largest absolute Gasteiger partial charge is 0.493 e. The van der Waals surface area contributed by atoms with Crippen molar-refractivity contribution in [3.05, 3.63) is 53.6 Å². The molecule has 0 atom stereocenters. The normalized spacial score (nSPS) is 17.2. The maximum atomic E-state index is 12.3. The minimum atomic E-state index is 0.0592. The fraction of sp³-hybridized carbons (Fsp3) is 0.409. The third kappa shape index (κ3) is 4.87. The van der Waals surface area contributed by atoms with Crippen LogP contribution in [-0.2, 0) is 17.8 Å². The highest BCUT2D eigenvalue weighted by Crippen LogP contribution is 2.26. The third-order valence-corrected chi connectivity index (χ3v) is 6.11. The molecule has 0 aliphatic carbocycles. The van der Waals surface area contributed by atoms with Crippen LogP contribution in [0.3, 0.4) is 0 Å². The number of fused-ring (bicyclic) bond motifs is 1. The Morgan fingerprint density at radius 3 is 2.57 bits per heavy atom. The molecule has 2 aromatic rings. The Bertz CT molecular complexity index is 817. The van der Waals surface area contributed by atoms with E-state index in [0.29, 0.717) is 6.54 Å². The fourth-order valence-corrected chi connectivity index (χ4v) is 4.19. The summed E-state index contributed by atoms with van der Waals surface area (Å²) in [5.41, 5.74) is 3.55. The number of anilines is 1. The van der Waals surface area contributed by atoms with Crippen molar-refractivity contribution < 1.29 is 9.53 Å². The van der Waals surface area contributed by atoms with Crippen LogP contribution in [0.25, 0.3) is 0 Å². The number of nitrogens with one attached hydrogen (secondary N) is 1. The van der Waals surface area contributed by atoms with Crippen molar-refractivity contribution in [1.82, 2.24) is 9.80 Å². The van der Waals surface area contributed by atoms with Gasteiger partial charge in [-0.15, -0.1) is 11.8 Å². The Kier molecular flexibility index (Phi) is 6.20. The molecule has 1 amide bonds. The van der Waals surface area contributed by atoms with Crippen molar-refractivity contribution >= 4 is 23.4 Å². The van der Waals surface area contributed by atoms with Crippen LogP contribution >= 0.6 is 11.8 Å². The number of benzene rings is 2. The van der Waals surface area contributed by atoms with Crippen LogP contribution in [0.5, 0.6) is 5.75 Å². The van der Waals surface area contributed by atoms with Gasteiger partial charge in [-0.25, -0.2) is 0 Å². The lowest BCUT2D eigenvalue weighted by Crippen LogP contribution is -2.48. The van der Waals surface area contributed by atoms with Gasteiger partial charge in [0.25, 0.3) is 0 Å². The van der Waals surface area contributed by atoms with Crippen LogP contribution in [-0.4, -0.2) is 61.3 Å². The number of rotatable bonds is 6. The Morgan fingerprint density at radius 1 is 1.07 bits per heavy atom. The number of amides is 1. The lowest BCUT2D eigenvalue weighted by atomic mass is 10.1. The predicted molar refractivity (Wildman–Crippen MR) is 114 cm³/mol. The van der Waals surface area contributed by atoms with Crippen LogP contribution in [0.15, 0.2) is 47.4 Å². The summed E-state index contributed by atoms with van der Waals surface area (Å²) in [7, 11) is 0. The second-order valence-electron chi connectivity index (χ2n) is 7.37. The summed E-state index contributed by atoms with van der Waals surface area (Å²) in [6.45, 7) is 6.05. The van der Waals surface area contributed by atoms with Gasteiger partial charge < -0.3 is 10.1 Å². The van der Waals surface area contributed by atoms with Gasteiger partial charge in [-0.3, -0.25) is 14.6 Å². The maximum absolute atomic E-state index is 12.3. The highest BCUT2D eigenvalue weighted by molar-refractivity contribution is 7.98. The zero-order valence-electron chi connectivity index (χ0n) is 16.3. The molecule has 2 aromatic carbocycles. The first kappa shape index (κ1) is 19.3. The lowest BCUT2D eigenvalue weighted by molar-refractivity contribution is -0.117. The van der Waals surface area contributed by atoms with E-state index in [9.17, 15) is 4.79 Å². The van der Waals surface area contributed by atoms with E-state index in [4.69, 9.17) is 4.74 Å². The zero-order valence-corrected chi connectivity index (χ0v) is 17.1. The minimum absolute atomic E-state index is 0.0592. The average molecular weight is 398 g/mol. The summed E-state index contributed by atoms with van der Waals surface area (Å²) >= 11 is 1.70. The van der Waals surface area contributed by atoms with Crippen molar-refractivity contribution in [3.63, 3.8) is 0 Å². The first-order valence-electron chi connectivity index (χ1n) is 9.83. The van der Waals surface area contributed by atoms with Crippen molar-refractivity contribution in [2.45, 2.75) is 17.9 Å². The molecule has 0 aromatic heterocycles. The Balaban J connectivity index is 1.22. The summed E-state index contributed by atoms with van der Waals surface area (Å²) < 4.78 is 5.59. The molecule has 0 spiro atoms. The second kappa shape index (κ2) is 8.99. The average Bonchev–Trinajstić information content (AvgIpc) is 3.18. The van der Waals surface area contributed by atoms with E-state index in [1.165, 1.54) is 16.0 Å². The van der Waals surface area contributed by atoms with E-state index >= 15 is 0 Å². The van der Waals surface area contributed by atoms with Gasteiger partial charge in [-0.05, 0) is 47.7 Å². The molecule has 1 N–H and O–H groups in total. The number of thioether (sulfide) groups is 1. The van der Waals surface area contributed by atoms with E-state index in [0.717, 1.165) is 57.2 Å². The fourth-order valence-electron chi connectivity index (χ4n) is 3.78. The van der Waals surface area contributed by atoms with Gasteiger partial charge >= 0.3 is 0 Å². The van der Waals surface area contributed by atoms with E-state index < -0.39 is 0 Å². The molecule has 1 fully saturated rings. The van der Waals surface area contributed by atoms with E-state index in [1.807, 2.05) is 30.5 Å². The molecule has 2 heterocycles. The molecule has 0 saturated carbocycles. The lowest BCUT2D eigenvalue weighted by Gasteiger charge is -2.34. The number of ether oxygens (including phenoxy) is 1. The van der Waals surface area contributed by atoms with E-state index in [2.05, 4.69) is 33.3 Å². The van der Waals surface area contributed by atoms with Crippen molar-refractivity contribution in [2.75, 3.05) is 50.9 Å². The highest BCUT2D eigenvalue weighted by atomic mass is 32.2. The van der Waals surface area contributed by atoms with Crippen LogP contribution < -0.4 is 10.1 Å². The molecular weight excluding hydrogens is 370 g/mol. The van der Waals surface area contributed by atoms with Gasteiger partial charge in [0.05, 0.1) is 13.2 Å². The van der Waals surface area contributed by atoms with Crippen LogP contribution in [0.2, 0.25) is 0 Å². The molecule has 0 unspecified atom stereocenters. The summed E-state index contributed by atoms with van der Waals surface area (Å²) in [5.74, 6) is 1.10. The number of piperazine rings is 1. The first-order valence-corrected chi connectivity index (χ1v) is 11.1. The number of carbonyl (C=O) groups excluding carboxylic acids is 1. The molecular formula is C22H27N3O2S. The Labute approximate surface area is 171 Å². The van der Waals surface area contributed by atoms with Gasteiger partial charge in [0.15, 0.2) is 0 Å². The summed E-state index contributed by atoms with van der Waals surface area (Å²) in [5, 5.41) is 3.00. The quantitative estimate of drug-likeness (QED) is 0.759. The SMILES string of the molecule is CSc1ccc(NC(=O)CN2CCN(Cc3ccc4c(c3)CCO4)CC2)cc1. The Morgan fingerprint density at radius 2 is 1.82 bits per heavy atom. The van der Waals surface area contributed by atoms with Gasteiger partial charge in [-0.1, -0.05) is 12.1 Å². The van der Waals surface area contributed by atoms with Crippen molar-refractivity contribution in [2.24, 2.45) is 0 Å². The van der Waals surface area contributed by atoms with Gasteiger partial charge in [0.2, 0.25) is 5.91 Å². The molecule has 4 rings (SSSR count). The van der Waals surface area contributed by atoms with Crippen LogP contribution in [0, 0.1) is 0 Å². The molecule has 5 nitrogen and oxygen atoms in total. The highest BCUT2D eigenvalue weighted by Gasteiger charge is 2.20.